The van der Waals surface area contributed by atoms with E-state index < -0.39 is 0 Å². The molecule has 0 atom stereocenters. The maximum Gasteiger partial charge on any atom is 0.0991 e. The molecule has 0 saturated carbocycles. The van der Waals surface area contributed by atoms with Crippen LogP contribution in [0, 0.1) is 11.3 Å². The largest absolute Gasteiger partial charge is 0.399 e. The Bertz CT molecular complexity index is 562. The van der Waals surface area contributed by atoms with Gasteiger partial charge in [-0.05, 0) is 48.5 Å². The molecule has 2 aromatic carbocycles. The number of nitrogens with zero attached hydrogens (tertiary/aromatic N) is 3. The van der Waals surface area contributed by atoms with E-state index in [1.54, 1.807) is 48.5 Å². The first-order chi connectivity index (χ1) is 8.28. The number of rotatable bonds is 2. The zero-order chi connectivity index (χ0) is 12.1. The van der Waals surface area contributed by atoms with Crippen LogP contribution in [-0.2, 0) is 0 Å². The molecule has 0 radical (unpaired) electrons. The van der Waals surface area contributed by atoms with Gasteiger partial charge in [0.25, 0.3) is 0 Å². The highest BCUT2D eigenvalue weighted by atomic mass is 15.1. The van der Waals surface area contributed by atoms with Crippen molar-refractivity contribution < 1.29 is 0 Å². The number of azo groups is 1. The highest BCUT2D eigenvalue weighted by Gasteiger charge is 1.92. The Kier molecular flexibility index (Phi) is 3.13. The van der Waals surface area contributed by atoms with Gasteiger partial charge in [0.2, 0.25) is 0 Å². The minimum atomic E-state index is 0.608. The Balaban J connectivity index is 2.14. The maximum absolute atomic E-state index is 8.65. The first-order valence-corrected chi connectivity index (χ1v) is 5.05. The van der Waals surface area contributed by atoms with Crippen molar-refractivity contribution >= 4 is 17.1 Å². The molecule has 0 spiro atoms. The van der Waals surface area contributed by atoms with Gasteiger partial charge in [-0.1, -0.05) is 0 Å². The molecule has 0 unspecified atom stereocenters. The van der Waals surface area contributed by atoms with Crippen LogP contribution in [-0.4, -0.2) is 0 Å². The third kappa shape index (κ3) is 2.89. The van der Waals surface area contributed by atoms with Crippen LogP contribution in [0.3, 0.4) is 0 Å². The van der Waals surface area contributed by atoms with Crippen molar-refractivity contribution in [1.29, 1.82) is 5.26 Å². The fourth-order valence-electron chi connectivity index (χ4n) is 1.26. The van der Waals surface area contributed by atoms with Gasteiger partial charge in [-0.25, -0.2) is 0 Å². The molecule has 0 heterocycles. The van der Waals surface area contributed by atoms with Gasteiger partial charge in [0.15, 0.2) is 0 Å². The fraction of sp³-hybridized carbons (Fsp3) is 0. The summed E-state index contributed by atoms with van der Waals surface area (Å²) in [5.41, 5.74) is 8.32. The zero-order valence-electron chi connectivity index (χ0n) is 9.04. The van der Waals surface area contributed by atoms with Crippen molar-refractivity contribution in [3.05, 3.63) is 54.1 Å². The fourth-order valence-corrected chi connectivity index (χ4v) is 1.26. The van der Waals surface area contributed by atoms with Gasteiger partial charge in [0, 0.05) is 5.69 Å². The molecule has 2 rings (SSSR count). The van der Waals surface area contributed by atoms with E-state index in [1.807, 2.05) is 6.07 Å². The number of nitriles is 1. The number of hydrogen-bond donors (Lipinski definition) is 1. The minimum absolute atomic E-state index is 0.608. The summed E-state index contributed by atoms with van der Waals surface area (Å²) < 4.78 is 0. The van der Waals surface area contributed by atoms with Crippen molar-refractivity contribution in [3.63, 3.8) is 0 Å². The summed E-state index contributed by atoms with van der Waals surface area (Å²) in [5.74, 6) is 0. The molecule has 0 aromatic heterocycles. The first-order valence-electron chi connectivity index (χ1n) is 5.05. The average molecular weight is 222 g/mol. The molecule has 0 saturated heterocycles. The molecule has 17 heavy (non-hydrogen) atoms. The Hall–Kier alpha value is -2.67. The van der Waals surface area contributed by atoms with E-state index in [0.29, 0.717) is 16.9 Å². The number of benzene rings is 2. The normalized spacial score (nSPS) is 10.3. The van der Waals surface area contributed by atoms with Gasteiger partial charge in [-0.2, -0.15) is 15.5 Å². The van der Waals surface area contributed by atoms with Crippen LogP contribution in [0.25, 0.3) is 0 Å². The van der Waals surface area contributed by atoms with E-state index in [1.165, 1.54) is 0 Å². The highest BCUT2D eigenvalue weighted by molar-refractivity contribution is 5.48. The van der Waals surface area contributed by atoms with Crippen LogP contribution < -0.4 is 5.73 Å². The van der Waals surface area contributed by atoms with Gasteiger partial charge in [-0.3, -0.25) is 0 Å². The van der Waals surface area contributed by atoms with E-state index in [0.717, 1.165) is 5.69 Å². The summed E-state index contributed by atoms with van der Waals surface area (Å²) in [6, 6.07) is 16.1. The van der Waals surface area contributed by atoms with E-state index >= 15 is 0 Å². The molecule has 2 aromatic rings. The first kappa shape index (κ1) is 10.8. The standard InChI is InChI=1S/C13H10N4/c14-9-10-1-5-12(6-2-10)16-17-13-7-3-11(15)4-8-13/h1-8H,15H2/b17-16+. The molecule has 4 nitrogen and oxygen atoms in total. The van der Waals surface area contributed by atoms with E-state index in [-0.39, 0.29) is 0 Å². The van der Waals surface area contributed by atoms with E-state index in [9.17, 15) is 0 Å². The second kappa shape index (κ2) is 4.90. The quantitative estimate of drug-likeness (QED) is 0.623. The van der Waals surface area contributed by atoms with Gasteiger partial charge < -0.3 is 5.73 Å². The molecular formula is C13H10N4. The van der Waals surface area contributed by atoms with Crippen LogP contribution in [0.15, 0.2) is 58.8 Å². The topological polar surface area (TPSA) is 74.5 Å². The third-order valence-corrected chi connectivity index (χ3v) is 2.17. The second-order valence-corrected chi connectivity index (χ2v) is 3.45. The second-order valence-electron chi connectivity index (χ2n) is 3.45. The lowest BCUT2D eigenvalue weighted by atomic mass is 10.2. The van der Waals surface area contributed by atoms with Gasteiger partial charge in [-0.15, -0.1) is 0 Å². The van der Waals surface area contributed by atoms with Crippen molar-refractivity contribution in [1.82, 2.24) is 0 Å². The maximum atomic E-state index is 8.65. The minimum Gasteiger partial charge on any atom is -0.399 e. The molecule has 0 aliphatic rings. The molecule has 0 amide bonds. The summed E-state index contributed by atoms with van der Waals surface area (Å²) >= 11 is 0. The smallest absolute Gasteiger partial charge is 0.0991 e. The highest BCUT2D eigenvalue weighted by Crippen LogP contribution is 2.19. The lowest BCUT2D eigenvalue weighted by molar-refractivity contribution is 1.23. The van der Waals surface area contributed by atoms with Crippen molar-refractivity contribution in [2.24, 2.45) is 10.2 Å². The Morgan fingerprint density at radius 2 is 1.29 bits per heavy atom. The summed E-state index contributed by atoms with van der Waals surface area (Å²) in [6.07, 6.45) is 0. The Labute approximate surface area is 99.0 Å². The van der Waals surface area contributed by atoms with Gasteiger partial charge in [0.05, 0.1) is 23.0 Å². The third-order valence-electron chi connectivity index (χ3n) is 2.17. The molecular weight excluding hydrogens is 212 g/mol. The van der Waals surface area contributed by atoms with Crippen LogP contribution >= 0.6 is 0 Å². The summed E-state index contributed by atoms with van der Waals surface area (Å²) in [7, 11) is 0. The van der Waals surface area contributed by atoms with Crippen LogP contribution in [0.5, 0.6) is 0 Å². The molecule has 0 bridgehead atoms. The summed E-state index contributed by atoms with van der Waals surface area (Å²) in [6.45, 7) is 0. The average Bonchev–Trinajstić information content (AvgIpc) is 2.39. The molecule has 0 aliphatic heterocycles. The number of anilines is 1. The van der Waals surface area contributed by atoms with Gasteiger partial charge in [0.1, 0.15) is 0 Å². The number of hydrogen-bond acceptors (Lipinski definition) is 4. The lowest BCUT2D eigenvalue weighted by Crippen LogP contribution is -1.80. The predicted octanol–water partition coefficient (Wildman–Crippen LogP) is 3.56. The van der Waals surface area contributed by atoms with E-state index in [4.69, 9.17) is 11.0 Å². The van der Waals surface area contributed by atoms with Crippen LogP contribution in [0.1, 0.15) is 5.56 Å². The lowest BCUT2D eigenvalue weighted by Gasteiger charge is -1.94. The van der Waals surface area contributed by atoms with Crippen molar-refractivity contribution in [3.8, 4) is 6.07 Å². The number of nitrogens with two attached hydrogens (primary N) is 1. The summed E-state index contributed by atoms with van der Waals surface area (Å²) in [4.78, 5) is 0. The van der Waals surface area contributed by atoms with E-state index in [2.05, 4.69) is 10.2 Å². The monoisotopic (exact) mass is 222 g/mol. The molecule has 0 fully saturated rings. The zero-order valence-corrected chi connectivity index (χ0v) is 9.04. The molecule has 4 heteroatoms. The number of nitrogen functional groups attached to an aromatic ring is 1. The molecule has 82 valence electrons. The summed E-state index contributed by atoms with van der Waals surface area (Å²) in [5, 5.41) is 16.8. The Morgan fingerprint density at radius 1 is 0.824 bits per heavy atom. The van der Waals surface area contributed by atoms with Gasteiger partial charge >= 0.3 is 0 Å². The molecule has 0 aliphatic carbocycles. The van der Waals surface area contributed by atoms with Crippen LogP contribution in [0.2, 0.25) is 0 Å². The molecule has 2 N–H and O–H groups in total. The van der Waals surface area contributed by atoms with Crippen LogP contribution in [0.4, 0.5) is 17.1 Å². The SMILES string of the molecule is N#Cc1ccc(/N=N/c2ccc(N)cc2)cc1. The van der Waals surface area contributed by atoms with Crippen molar-refractivity contribution in [2.75, 3.05) is 5.73 Å². The Morgan fingerprint density at radius 3 is 1.76 bits per heavy atom. The van der Waals surface area contributed by atoms with Crippen molar-refractivity contribution in [2.45, 2.75) is 0 Å². The predicted molar refractivity (Wildman–Crippen MR) is 66.2 cm³/mol.